The first-order chi connectivity index (χ1) is 11.1. The number of halogens is 2. The van der Waals surface area contributed by atoms with Gasteiger partial charge in [-0.2, -0.15) is 0 Å². The third-order valence-electron chi connectivity index (χ3n) is 3.40. The van der Waals surface area contributed by atoms with Gasteiger partial charge in [0.2, 0.25) is 0 Å². The Kier molecular flexibility index (Phi) is 3.97. The van der Waals surface area contributed by atoms with Crippen LogP contribution < -0.4 is 10.1 Å². The van der Waals surface area contributed by atoms with Crippen LogP contribution in [-0.2, 0) is 0 Å². The molecule has 0 spiro atoms. The van der Waals surface area contributed by atoms with Crippen LogP contribution in [0.1, 0.15) is 17.3 Å². The van der Waals surface area contributed by atoms with Crippen LogP contribution in [0, 0.1) is 11.6 Å². The SMILES string of the molecule is CCOc1ccc(C(=O)Nc2c[nH]c3cc(F)c(F)cc23)cc1. The molecule has 1 aromatic heterocycles. The number of aromatic amines is 1. The Morgan fingerprint density at radius 2 is 1.87 bits per heavy atom. The van der Waals surface area contributed by atoms with Gasteiger partial charge in [-0.25, -0.2) is 8.78 Å². The molecule has 0 unspecified atom stereocenters. The summed E-state index contributed by atoms with van der Waals surface area (Å²) in [6.45, 7) is 2.42. The standard InChI is InChI=1S/C17H14F2N2O2/c1-2-23-11-5-3-10(4-6-11)17(22)21-16-9-20-15-8-14(19)13(18)7-12(15)16/h3-9,20H,2H2,1H3,(H,21,22). The van der Waals surface area contributed by atoms with Gasteiger partial charge in [-0.3, -0.25) is 4.79 Å². The maximum Gasteiger partial charge on any atom is 0.255 e. The van der Waals surface area contributed by atoms with E-state index in [0.717, 1.165) is 12.1 Å². The molecule has 1 amide bonds. The number of H-pyrrole nitrogens is 1. The second kappa shape index (κ2) is 6.08. The van der Waals surface area contributed by atoms with Crippen LogP contribution in [0.15, 0.2) is 42.6 Å². The number of hydrogen-bond acceptors (Lipinski definition) is 2. The first kappa shape index (κ1) is 15.0. The number of anilines is 1. The molecule has 2 aromatic carbocycles. The molecule has 0 aliphatic carbocycles. The van der Waals surface area contributed by atoms with Crippen LogP contribution >= 0.6 is 0 Å². The van der Waals surface area contributed by atoms with Crippen LogP contribution in [0.3, 0.4) is 0 Å². The van der Waals surface area contributed by atoms with Crippen molar-refractivity contribution in [2.24, 2.45) is 0 Å². The van der Waals surface area contributed by atoms with E-state index < -0.39 is 11.6 Å². The number of ether oxygens (including phenoxy) is 1. The number of hydrogen-bond donors (Lipinski definition) is 2. The topological polar surface area (TPSA) is 54.1 Å². The summed E-state index contributed by atoms with van der Waals surface area (Å²) in [6, 6.07) is 8.77. The van der Waals surface area contributed by atoms with Gasteiger partial charge in [-0.1, -0.05) is 0 Å². The maximum atomic E-state index is 13.4. The number of benzene rings is 2. The zero-order valence-electron chi connectivity index (χ0n) is 12.3. The van der Waals surface area contributed by atoms with Crippen LogP contribution in [0.2, 0.25) is 0 Å². The quantitative estimate of drug-likeness (QED) is 0.761. The van der Waals surface area contributed by atoms with Crippen LogP contribution in [0.4, 0.5) is 14.5 Å². The summed E-state index contributed by atoms with van der Waals surface area (Å²) in [4.78, 5) is 15.0. The van der Waals surface area contributed by atoms with E-state index in [0.29, 0.717) is 34.5 Å². The van der Waals surface area contributed by atoms with Crippen molar-refractivity contribution in [1.29, 1.82) is 0 Å². The second-order valence-electron chi connectivity index (χ2n) is 4.93. The van der Waals surface area contributed by atoms with Gasteiger partial charge in [0.15, 0.2) is 11.6 Å². The molecule has 3 aromatic rings. The number of amides is 1. The Morgan fingerprint density at radius 3 is 2.57 bits per heavy atom. The summed E-state index contributed by atoms with van der Waals surface area (Å²) in [5.41, 5.74) is 1.23. The molecule has 0 atom stereocenters. The predicted molar refractivity (Wildman–Crippen MR) is 83.8 cm³/mol. The van der Waals surface area contributed by atoms with Crippen LogP contribution in [-0.4, -0.2) is 17.5 Å². The molecule has 1 heterocycles. The Labute approximate surface area is 131 Å². The van der Waals surface area contributed by atoms with Gasteiger partial charge in [-0.15, -0.1) is 0 Å². The zero-order chi connectivity index (χ0) is 16.4. The predicted octanol–water partition coefficient (Wildman–Crippen LogP) is 4.10. The largest absolute Gasteiger partial charge is 0.494 e. The fraction of sp³-hybridized carbons (Fsp3) is 0.118. The van der Waals surface area contributed by atoms with Crippen molar-refractivity contribution in [2.75, 3.05) is 11.9 Å². The van der Waals surface area contributed by atoms with Gasteiger partial charge in [-0.05, 0) is 37.3 Å². The third kappa shape index (κ3) is 3.01. The zero-order valence-corrected chi connectivity index (χ0v) is 12.3. The van der Waals surface area contributed by atoms with Crippen molar-refractivity contribution in [2.45, 2.75) is 6.92 Å². The van der Waals surface area contributed by atoms with Crippen molar-refractivity contribution < 1.29 is 18.3 Å². The summed E-state index contributed by atoms with van der Waals surface area (Å²) in [6.07, 6.45) is 1.50. The first-order valence-electron chi connectivity index (χ1n) is 7.09. The van der Waals surface area contributed by atoms with Gasteiger partial charge in [0.05, 0.1) is 17.8 Å². The molecule has 0 radical (unpaired) electrons. The number of aromatic nitrogens is 1. The van der Waals surface area contributed by atoms with Gasteiger partial charge < -0.3 is 15.0 Å². The molecule has 0 aliphatic rings. The fourth-order valence-corrected chi connectivity index (χ4v) is 2.28. The van der Waals surface area contributed by atoms with Crippen molar-refractivity contribution in [3.63, 3.8) is 0 Å². The summed E-state index contributed by atoms with van der Waals surface area (Å²) >= 11 is 0. The Bertz CT molecular complexity index is 857. The van der Waals surface area contributed by atoms with E-state index in [2.05, 4.69) is 10.3 Å². The van der Waals surface area contributed by atoms with Crippen LogP contribution in [0.25, 0.3) is 10.9 Å². The summed E-state index contributed by atoms with van der Waals surface area (Å²) in [7, 11) is 0. The molecule has 0 bridgehead atoms. The monoisotopic (exact) mass is 316 g/mol. The van der Waals surface area contributed by atoms with Crippen molar-refractivity contribution in [3.05, 3.63) is 59.8 Å². The number of carbonyl (C=O) groups excluding carboxylic acids is 1. The lowest BCUT2D eigenvalue weighted by atomic mass is 10.2. The molecule has 0 saturated heterocycles. The van der Waals surface area contributed by atoms with Crippen molar-refractivity contribution >= 4 is 22.5 Å². The highest BCUT2D eigenvalue weighted by molar-refractivity contribution is 6.09. The van der Waals surface area contributed by atoms with E-state index in [1.54, 1.807) is 24.3 Å². The van der Waals surface area contributed by atoms with Crippen LogP contribution in [0.5, 0.6) is 5.75 Å². The average Bonchev–Trinajstić information content (AvgIpc) is 2.91. The molecular weight excluding hydrogens is 302 g/mol. The molecule has 0 fully saturated rings. The molecule has 23 heavy (non-hydrogen) atoms. The highest BCUT2D eigenvalue weighted by atomic mass is 19.2. The van der Waals surface area contributed by atoms with E-state index in [9.17, 15) is 13.6 Å². The second-order valence-corrected chi connectivity index (χ2v) is 4.93. The normalized spacial score (nSPS) is 10.7. The van der Waals surface area contributed by atoms with Gasteiger partial charge in [0.25, 0.3) is 5.91 Å². The maximum absolute atomic E-state index is 13.4. The van der Waals surface area contributed by atoms with Crippen molar-refractivity contribution in [1.82, 2.24) is 4.98 Å². The smallest absolute Gasteiger partial charge is 0.255 e. The lowest BCUT2D eigenvalue weighted by Gasteiger charge is -2.06. The Balaban J connectivity index is 1.84. The molecule has 2 N–H and O–H groups in total. The van der Waals surface area contributed by atoms with E-state index in [1.807, 2.05) is 6.92 Å². The fourth-order valence-electron chi connectivity index (χ4n) is 2.28. The summed E-state index contributed by atoms with van der Waals surface area (Å²) in [5.74, 6) is -1.58. The Morgan fingerprint density at radius 1 is 1.17 bits per heavy atom. The summed E-state index contributed by atoms with van der Waals surface area (Å²) in [5, 5.41) is 3.08. The molecule has 6 heteroatoms. The van der Waals surface area contributed by atoms with Gasteiger partial charge >= 0.3 is 0 Å². The molecule has 0 aliphatic heterocycles. The van der Waals surface area contributed by atoms with E-state index >= 15 is 0 Å². The van der Waals surface area contributed by atoms with Gasteiger partial charge in [0, 0.05) is 23.2 Å². The lowest BCUT2D eigenvalue weighted by Crippen LogP contribution is -2.11. The minimum absolute atomic E-state index is 0.348. The van der Waals surface area contributed by atoms with E-state index in [-0.39, 0.29) is 5.91 Å². The third-order valence-corrected chi connectivity index (χ3v) is 3.40. The number of fused-ring (bicyclic) bond motifs is 1. The highest BCUT2D eigenvalue weighted by Gasteiger charge is 2.12. The van der Waals surface area contributed by atoms with Gasteiger partial charge in [0.1, 0.15) is 5.75 Å². The minimum atomic E-state index is -0.964. The average molecular weight is 316 g/mol. The Hall–Kier alpha value is -2.89. The van der Waals surface area contributed by atoms with E-state index in [4.69, 9.17) is 4.74 Å². The lowest BCUT2D eigenvalue weighted by molar-refractivity contribution is 0.102. The van der Waals surface area contributed by atoms with E-state index in [1.165, 1.54) is 6.20 Å². The molecule has 4 nitrogen and oxygen atoms in total. The van der Waals surface area contributed by atoms with Crippen molar-refractivity contribution in [3.8, 4) is 5.75 Å². The first-order valence-corrected chi connectivity index (χ1v) is 7.09. The summed E-state index contributed by atoms with van der Waals surface area (Å²) < 4.78 is 31.9. The molecule has 118 valence electrons. The molecule has 0 saturated carbocycles. The number of rotatable bonds is 4. The number of nitrogens with one attached hydrogen (secondary N) is 2. The minimum Gasteiger partial charge on any atom is -0.494 e. The number of carbonyl (C=O) groups is 1. The highest BCUT2D eigenvalue weighted by Crippen LogP contribution is 2.26. The molecule has 3 rings (SSSR count). The molecular formula is C17H14F2N2O2.